The van der Waals surface area contributed by atoms with E-state index >= 15 is 0 Å². The average Bonchev–Trinajstić information content (AvgIpc) is 3.16. The first-order chi connectivity index (χ1) is 12.7. The Labute approximate surface area is 157 Å². The second-order valence-electron chi connectivity index (χ2n) is 5.74. The van der Waals surface area contributed by atoms with Crippen LogP contribution in [0.2, 0.25) is 0 Å². The van der Waals surface area contributed by atoms with Crippen molar-refractivity contribution in [3.63, 3.8) is 0 Å². The maximum Gasteiger partial charge on any atom is 0.224 e. The van der Waals surface area contributed by atoms with Gasteiger partial charge in [0.2, 0.25) is 5.91 Å². The van der Waals surface area contributed by atoms with Gasteiger partial charge >= 0.3 is 0 Å². The number of ether oxygens (including phenoxy) is 1. The van der Waals surface area contributed by atoms with E-state index < -0.39 is 0 Å². The minimum atomic E-state index is -0.0431. The summed E-state index contributed by atoms with van der Waals surface area (Å²) >= 11 is 1.54. The van der Waals surface area contributed by atoms with Gasteiger partial charge < -0.3 is 15.4 Å². The predicted octanol–water partition coefficient (Wildman–Crippen LogP) is 4.43. The monoisotopic (exact) mass is 367 g/mol. The molecule has 3 rings (SSSR count). The Morgan fingerprint density at radius 2 is 2.00 bits per heavy atom. The fraction of sp³-hybridized carbons (Fsp3) is 0.200. The highest BCUT2D eigenvalue weighted by molar-refractivity contribution is 7.14. The standard InChI is InChI=1S/C20H21N3O2S/c1-21-20-23-17(13-26-20)15-9-10-18(25-2)16(12-15)22-19(24)11-8-14-6-4-3-5-7-14/h3-7,9-10,12-13H,8,11H2,1-2H3,(H,21,23)(H,22,24). The number of thiazole rings is 1. The van der Waals surface area contributed by atoms with Crippen LogP contribution in [0.1, 0.15) is 12.0 Å². The molecule has 0 aliphatic rings. The molecule has 1 heterocycles. The number of rotatable bonds is 7. The Hall–Kier alpha value is -2.86. The van der Waals surface area contributed by atoms with E-state index in [1.54, 1.807) is 7.11 Å². The van der Waals surface area contributed by atoms with E-state index in [1.165, 1.54) is 11.3 Å². The lowest BCUT2D eigenvalue weighted by atomic mass is 10.1. The molecule has 0 fully saturated rings. The first-order valence-corrected chi connectivity index (χ1v) is 9.23. The van der Waals surface area contributed by atoms with Gasteiger partial charge in [0.15, 0.2) is 5.13 Å². The summed E-state index contributed by atoms with van der Waals surface area (Å²) in [6.45, 7) is 0. The van der Waals surface area contributed by atoms with Gasteiger partial charge in [0.1, 0.15) is 5.75 Å². The molecular weight excluding hydrogens is 346 g/mol. The van der Waals surface area contributed by atoms with Gasteiger partial charge in [0.25, 0.3) is 0 Å². The molecular formula is C20H21N3O2S. The molecule has 0 spiro atoms. The zero-order valence-corrected chi connectivity index (χ0v) is 15.6. The van der Waals surface area contributed by atoms with E-state index in [4.69, 9.17) is 4.74 Å². The van der Waals surface area contributed by atoms with Gasteiger partial charge in [-0.1, -0.05) is 30.3 Å². The third-order valence-corrected chi connectivity index (χ3v) is 4.83. The second kappa shape index (κ2) is 8.49. The predicted molar refractivity (Wildman–Crippen MR) is 107 cm³/mol. The molecule has 0 bridgehead atoms. The minimum absolute atomic E-state index is 0.0431. The Bertz CT molecular complexity index is 878. The second-order valence-corrected chi connectivity index (χ2v) is 6.59. The molecule has 1 aromatic heterocycles. The molecule has 134 valence electrons. The van der Waals surface area contributed by atoms with Crippen molar-refractivity contribution < 1.29 is 9.53 Å². The highest BCUT2D eigenvalue weighted by Crippen LogP contribution is 2.32. The molecule has 6 heteroatoms. The summed E-state index contributed by atoms with van der Waals surface area (Å²) < 4.78 is 5.38. The van der Waals surface area contributed by atoms with E-state index in [2.05, 4.69) is 15.6 Å². The van der Waals surface area contributed by atoms with Crippen molar-refractivity contribution in [3.8, 4) is 17.0 Å². The van der Waals surface area contributed by atoms with Crippen molar-refractivity contribution in [2.75, 3.05) is 24.8 Å². The number of amides is 1. The average molecular weight is 367 g/mol. The molecule has 0 unspecified atom stereocenters. The number of anilines is 2. The molecule has 1 amide bonds. The van der Waals surface area contributed by atoms with Crippen LogP contribution < -0.4 is 15.4 Å². The summed E-state index contributed by atoms with van der Waals surface area (Å²) in [6.07, 6.45) is 1.12. The molecule has 0 radical (unpaired) electrons. The van der Waals surface area contributed by atoms with Gasteiger partial charge in [-0.3, -0.25) is 4.79 Å². The van der Waals surface area contributed by atoms with Crippen LogP contribution in [0.4, 0.5) is 10.8 Å². The number of benzene rings is 2. The lowest BCUT2D eigenvalue weighted by Crippen LogP contribution is -2.13. The van der Waals surface area contributed by atoms with Crippen molar-refractivity contribution in [1.82, 2.24) is 4.98 Å². The van der Waals surface area contributed by atoms with Crippen LogP contribution in [0.3, 0.4) is 0 Å². The van der Waals surface area contributed by atoms with Crippen LogP contribution >= 0.6 is 11.3 Å². The van der Waals surface area contributed by atoms with Crippen molar-refractivity contribution >= 4 is 28.1 Å². The zero-order chi connectivity index (χ0) is 18.4. The summed E-state index contributed by atoms with van der Waals surface area (Å²) in [5.74, 6) is 0.587. The summed E-state index contributed by atoms with van der Waals surface area (Å²) in [5.41, 5.74) is 3.59. The fourth-order valence-electron chi connectivity index (χ4n) is 2.60. The SMILES string of the molecule is CNc1nc(-c2ccc(OC)c(NC(=O)CCc3ccccc3)c2)cs1. The molecule has 2 aromatic carbocycles. The van der Waals surface area contributed by atoms with Crippen molar-refractivity contribution in [2.24, 2.45) is 0 Å². The number of methoxy groups -OCH3 is 1. The van der Waals surface area contributed by atoms with Crippen LogP contribution in [0, 0.1) is 0 Å². The van der Waals surface area contributed by atoms with E-state index in [-0.39, 0.29) is 5.91 Å². The number of carbonyl (C=O) groups excluding carboxylic acids is 1. The van der Waals surface area contributed by atoms with Crippen LogP contribution in [0.25, 0.3) is 11.3 Å². The molecule has 0 saturated carbocycles. The number of nitrogens with one attached hydrogen (secondary N) is 2. The number of carbonyl (C=O) groups is 1. The van der Waals surface area contributed by atoms with Gasteiger partial charge in [-0.15, -0.1) is 11.3 Å². The molecule has 0 atom stereocenters. The van der Waals surface area contributed by atoms with E-state index in [9.17, 15) is 4.79 Å². The highest BCUT2D eigenvalue weighted by atomic mass is 32.1. The first-order valence-electron chi connectivity index (χ1n) is 8.35. The van der Waals surface area contributed by atoms with E-state index in [0.29, 0.717) is 24.3 Å². The van der Waals surface area contributed by atoms with Crippen LogP contribution in [-0.4, -0.2) is 25.0 Å². The third-order valence-electron chi connectivity index (χ3n) is 3.97. The Balaban J connectivity index is 1.73. The maximum absolute atomic E-state index is 12.4. The normalized spacial score (nSPS) is 10.4. The lowest BCUT2D eigenvalue weighted by molar-refractivity contribution is -0.116. The van der Waals surface area contributed by atoms with Gasteiger partial charge in [-0.05, 0) is 30.2 Å². The van der Waals surface area contributed by atoms with Gasteiger partial charge in [-0.25, -0.2) is 4.98 Å². The number of aryl methyl sites for hydroxylation is 1. The fourth-order valence-corrected chi connectivity index (χ4v) is 3.28. The highest BCUT2D eigenvalue weighted by Gasteiger charge is 2.11. The van der Waals surface area contributed by atoms with Crippen LogP contribution in [-0.2, 0) is 11.2 Å². The Morgan fingerprint density at radius 1 is 1.19 bits per heavy atom. The van der Waals surface area contributed by atoms with E-state index in [1.807, 2.05) is 61.0 Å². The molecule has 0 saturated heterocycles. The van der Waals surface area contributed by atoms with Crippen LogP contribution in [0.15, 0.2) is 53.9 Å². The molecule has 2 N–H and O–H groups in total. The Kier molecular flexibility index (Phi) is 5.86. The number of hydrogen-bond acceptors (Lipinski definition) is 5. The quantitative estimate of drug-likeness (QED) is 0.648. The van der Waals surface area contributed by atoms with Gasteiger partial charge in [0, 0.05) is 24.4 Å². The molecule has 26 heavy (non-hydrogen) atoms. The first kappa shape index (κ1) is 17.9. The molecule has 0 aliphatic heterocycles. The van der Waals surface area contributed by atoms with Crippen molar-refractivity contribution in [1.29, 1.82) is 0 Å². The van der Waals surface area contributed by atoms with Gasteiger partial charge in [0.05, 0.1) is 18.5 Å². The Morgan fingerprint density at radius 3 is 2.69 bits per heavy atom. The molecule has 0 aliphatic carbocycles. The summed E-state index contributed by atoms with van der Waals surface area (Å²) in [7, 11) is 3.44. The van der Waals surface area contributed by atoms with Crippen molar-refractivity contribution in [2.45, 2.75) is 12.8 Å². The lowest BCUT2D eigenvalue weighted by Gasteiger charge is -2.11. The molecule has 5 nitrogen and oxygen atoms in total. The number of nitrogens with zero attached hydrogens (tertiary/aromatic N) is 1. The maximum atomic E-state index is 12.4. The van der Waals surface area contributed by atoms with Gasteiger partial charge in [-0.2, -0.15) is 0 Å². The summed E-state index contributed by atoms with van der Waals surface area (Å²) in [6, 6.07) is 15.7. The number of hydrogen-bond donors (Lipinski definition) is 2. The zero-order valence-electron chi connectivity index (χ0n) is 14.8. The summed E-state index contributed by atoms with van der Waals surface area (Å²) in [5, 5.41) is 8.82. The summed E-state index contributed by atoms with van der Waals surface area (Å²) in [4.78, 5) is 16.9. The van der Waals surface area contributed by atoms with Crippen LogP contribution in [0.5, 0.6) is 5.75 Å². The van der Waals surface area contributed by atoms with Crippen molar-refractivity contribution in [3.05, 3.63) is 59.5 Å². The number of aromatic nitrogens is 1. The minimum Gasteiger partial charge on any atom is -0.495 e. The third kappa shape index (κ3) is 4.40. The molecule has 3 aromatic rings. The van der Waals surface area contributed by atoms with E-state index in [0.717, 1.165) is 22.0 Å². The smallest absolute Gasteiger partial charge is 0.224 e. The largest absolute Gasteiger partial charge is 0.495 e. The topological polar surface area (TPSA) is 63.3 Å².